The standard InChI is InChI=1S/C33H42F3N3O5/c1-32(2,3)24-12-10-22(11-13-24)29(21-6-8-23(9-7-21)30(42)37-17-16-28(40)41)39-31(43)38-27-15-14-25(44-19-20-4-5-20)18-26(27)33(34,35)36/h6-9,14-15,18,20,22,24,29H,4-5,10-13,16-17,19H2,1-3H3,(H,37,42)(H,40,41)(H2,38,39,43)/t22-,24-,29?. The molecule has 11 heteroatoms. The van der Waals surface area contributed by atoms with Crippen molar-refractivity contribution >= 4 is 23.6 Å². The summed E-state index contributed by atoms with van der Waals surface area (Å²) in [6.07, 6.45) is 0.677. The molecule has 4 rings (SSSR count). The molecule has 44 heavy (non-hydrogen) atoms. The van der Waals surface area contributed by atoms with Crippen molar-refractivity contribution in [2.24, 2.45) is 23.2 Å². The molecular formula is C33H42F3N3O5. The lowest BCUT2D eigenvalue weighted by Crippen LogP contribution is -2.39. The van der Waals surface area contributed by atoms with Crippen molar-refractivity contribution in [3.05, 3.63) is 59.2 Å². The van der Waals surface area contributed by atoms with Crippen LogP contribution >= 0.6 is 0 Å². The van der Waals surface area contributed by atoms with E-state index in [1.54, 1.807) is 24.3 Å². The molecule has 2 aromatic rings. The lowest BCUT2D eigenvalue weighted by Gasteiger charge is -2.39. The summed E-state index contributed by atoms with van der Waals surface area (Å²) < 4.78 is 47.5. The summed E-state index contributed by atoms with van der Waals surface area (Å²) in [7, 11) is 0. The van der Waals surface area contributed by atoms with Gasteiger partial charge in [0.1, 0.15) is 5.75 Å². The van der Waals surface area contributed by atoms with Gasteiger partial charge in [-0.15, -0.1) is 0 Å². The maximum Gasteiger partial charge on any atom is 0.418 e. The third-order valence-corrected chi connectivity index (χ3v) is 8.64. The Labute approximate surface area is 256 Å². The number of benzene rings is 2. The lowest BCUT2D eigenvalue weighted by atomic mass is 9.68. The van der Waals surface area contributed by atoms with E-state index in [2.05, 4.69) is 36.7 Å². The van der Waals surface area contributed by atoms with Gasteiger partial charge in [0.05, 0.1) is 30.3 Å². The first-order valence-corrected chi connectivity index (χ1v) is 15.2. The number of aliphatic carboxylic acids is 1. The zero-order chi connectivity index (χ0) is 32.1. The summed E-state index contributed by atoms with van der Waals surface area (Å²) in [5.74, 6) is -0.404. The Kier molecular flexibility index (Phi) is 10.5. The molecule has 240 valence electrons. The minimum Gasteiger partial charge on any atom is -0.493 e. The smallest absolute Gasteiger partial charge is 0.418 e. The van der Waals surface area contributed by atoms with E-state index in [1.165, 1.54) is 12.1 Å². The second-order valence-electron chi connectivity index (χ2n) is 13.0. The third kappa shape index (κ3) is 9.37. The van der Waals surface area contributed by atoms with Crippen molar-refractivity contribution in [3.63, 3.8) is 0 Å². The van der Waals surface area contributed by atoms with E-state index in [0.29, 0.717) is 24.0 Å². The van der Waals surface area contributed by atoms with Gasteiger partial charge in [0.2, 0.25) is 0 Å². The molecule has 2 fully saturated rings. The third-order valence-electron chi connectivity index (χ3n) is 8.64. The van der Waals surface area contributed by atoms with Gasteiger partial charge in [-0.1, -0.05) is 32.9 Å². The monoisotopic (exact) mass is 617 g/mol. The molecule has 0 radical (unpaired) electrons. The van der Waals surface area contributed by atoms with Gasteiger partial charge in [0, 0.05) is 12.1 Å². The van der Waals surface area contributed by atoms with E-state index in [1.807, 2.05) is 0 Å². The zero-order valence-electron chi connectivity index (χ0n) is 25.4. The van der Waals surface area contributed by atoms with Gasteiger partial charge in [-0.25, -0.2) is 4.79 Å². The number of amides is 3. The van der Waals surface area contributed by atoms with Crippen LogP contribution in [0.15, 0.2) is 42.5 Å². The fourth-order valence-electron chi connectivity index (χ4n) is 5.77. The molecule has 0 heterocycles. The summed E-state index contributed by atoms with van der Waals surface area (Å²) in [5, 5.41) is 16.7. The number of ether oxygens (including phenoxy) is 1. The number of nitrogens with one attached hydrogen (secondary N) is 3. The molecule has 0 aromatic heterocycles. The second-order valence-corrected chi connectivity index (χ2v) is 13.0. The summed E-state index contributed by atoms with van der Waals surface area (Å²) in [4.78, 5) is 36.5. The minimum absolute atomic E-state index is 0.00910. The number of urea groups is 1. The molecule has 1 unspecified atom stereocenters. The van der Waals surface area contributed by atoms with Crippen LogP contribution in [0, 0.1) is 23.2 Å². The molecule has 0 spiro atoms. The Bertz CT molecular complexity index is 1310. The number of hydrogen-bond donors (Lipinski definition) is 4. The van der Waals surface area contributed by atoms with Crippen LogP contribution in [0.5, 0.6) is 5.75 Å². The molecule has 0 saturated heterocycles. The number of rotatable bonds is 11. The Balaban J connectivity index is 1.51. The highest BCUT2D eigenvalue weighted by molar-refractivity contribution is 5.94. The summed E-state index contributed by atoms with van der Waals surface area (Å²) in [6.45, 7) is 6.99. The van der Waals surface area contributed by atoms with Gasteiger partial charge < -0.3 is 25.8 Å². The number of carbonyl (C=O) groups is 3. The number of carboxylic acid groups (broad SMARTS) is 1. The number of anilines is 1. The molecule has 1 atom stereocenters. The maximum atomic E-state index is 14.0. The molecule has 4 N–H and O–H groups in total. The van der Waals surface area contributed by atoms with Gasteiger partial charge in [-0.2, -0.15) is 13.2 Å². The topological polar surface area (TPSA) is 117 Å². The van der Waals surface area contributed by atoms with Crippen molar-refractivity contribution in [3.8, 4) is 5.75 Å². The Morgan fingerprint density at radius 1 is 0.955 bits per heavy atom. The van der Waals surface area contributed by atoms with Crippen molar-refractivity contribution in [1.82, 2.24) is 10.6 Å². The molecule has 0 bridgehead atoms. The fraction of sp³-hybridized carbons (Fsp3) is 0.545. The lowest BCUT2D eigenvalue weighted by molar-refractivity contribution is -0.137. The molecule has 2 saturated carbocycles. The van der Waals surface area contributed by atoms with Gasteiger partial charge in [-0.3, -0.25) is 9.59 Å². The van der Waals surface area contributed by atoms with Gasteiger partial charge in [0.15, 0.2) is 0 Å². The Morgan fingerprint density at radius 2 is 1.61 bits per heavy atom. The molecule has 2 aliphatic carbocycles. The molecule has 2 aliphatic rings. The fourth-order valence-corrected chi connectivity index (χ4v) is 5.77. The normalized spacial score (nSPS) is 19.5. The zero-order valence-corrected chi connectivity index (χ0v) is 25.4. The molecule has 0 aliphatic heterocycles. The highest BCUT2D eigenvalue weighted by atomic mass is 19.4. The van der Waals surface area contributed by atoms with Crippen LogP contribution in [0.2, 0.25) is 0 Å². The quantitative estimate of drug-likeness (QED) is 0.210. The first-order chi connectivity index (χ1) is 20.7. The van der Waals surface area contributed by atoms with Gasteiger partial charge in [-0.05, 0) is 97.6 Å². The van der Waals surface area contributed by atoms with Crippen LogP contribution in [0.25, 0.3) is 0 Å². The summed E-state index contributed by atoms with van der Waals surface area (Å²) in [5.41, 5.74) is -0.151. The van der Waals surface area contributed by atoms with E-state index >= 15 is 0 Å². The number of hydrogen-bond acceptors (Lipinski definition) is 4. The largest absolute Gasteiger partial charge is 0.493 e. The molecule has 2 aromatic carbocycles. The SMILES string of the molecule is CC(C)(C)[C@H]1CC[C@H](C(NC(=O)Nc2ccc(OCC3CC3)cc2C(F)(F)F)c2ccc(C(=O)NCCC(=O)O)cc2)CC1. The minimum atomic E-state index is -4.70. The Hall–Kier alpha value is -3.76. The maximum absolute atomic E-state index is 14.0. The van der Waals surface area contributed by atoms with E-state index in [9.17, 15) is 27.6 Å². The Morgan fingerprint density at radius 3 is 2.18 bits per heavy atom. The molecular weight excluding hydrogens is 575 g/mol. The van der Waals surface area contributed by atoms with E-state index in [0.717, 1.165) is 50.2 Å². The van der Waals surface area contributed by atoms with E-state index in [-0.39, 0.29) is 35.7 Å². The van der Waals surface area contributed by atoms with Crippen LogP contribution in [0.1, 0.15) is 93.2 Å². The summed E-state index contributed by atoms with van der Waals surface area (Å²) >= 11 is 0. The second kappa shape index (κ2) is 13.9. The number of carbonyl (C=O) groups excluding carboxylic acids is 2. The predicted octanol–water partition coefficient (Wildman–Crippen LogP) is 7.41. The van der Waals surface area contributed by atoms with Crippen molar-refractivity contribution in [1.29, 1.82) is 0 Å². The van der Waals surface area contributed by atoms with Crippen molar-refractivity contribution in [2.45, 2.75) is 77.9 Å². The summed E-state index contributed by atoms with van der Waals surface area (Å²) in [6, 6.07) is 8.94. The van der Waals surface area contributed by atoms with Crippen LogP contribution < -0.4 is 20.7 Å². The highest BCUT2D eigenvalue weighted by Gasteiger charge is 2.37. The van der Waals surface area contributed by atoms with E-state index in [4.69, 9.17) is 9.84 Å². The number of halogens is 3. The van der Waals surface area contributed by atoms with Crippen LogP contribution in [0.4, 0.5) is 23.7 Å². The molecule has 8 nitrogen and oxygen atoms in total. The van der Waals surface area contributed by atoms with Crippen molar-refractivity contribution < 1.29 is 37.4 Å². The van der Waals surface area contributed by atoms with Crippen LogP contribution in [-0.4, -0.2) is 36.2 Å². The average Bonchev–Trinajstić information content (AvgIpc) is 3.79. The van der Waals surface area contributed by atoms with Gasteiger partial charge in [0.25, 0.3) is 5.91 Å². The first-order valence-electron chi connectivity index (χ1n) is 15.2. The average molecular weight is 618 g/mol. The number of carboxylic acids is 1. The van der Waals surface area contributed by atoms with Crippen molar-refractivity contribution in [2.75, 3.05) is 18.5 Å². The van der Waals surface area contributed by atoms with E-state index < -0.39 is 35.7 Å². The van der Waals surface area contributed by atoms with Gasteiger partial charge >= 0.3 is 18.2 Å². The van der Waals surface area contributed by atoms with Crippen LogP contribution in [-0.2, 0) is 11.0 Å². The predicted molar refractivity (Wildman–Crippen MR) is 160 cm³/mol. The highest BCUT2D eigenvalue weighted by Crippen LogP contribution is 2.44. The number of alkyl halides is 3. The van der Waals surface area contributed by atoms with Crippen LogP contribution in [0.3, 0.4) is 0 Å². The molecule has 3 amide bonds. The first kappa shape index (κ1) is 33.1.